The highest BCUT2D eigenvalue weighted by atomic mass is 19.1. The van der Waals surface area contributed by atoms with Crippen LogP contribution in [0.3, 0.4) is 0 Å². The first-order valence-corrected chi connectivity index (χ1v) is 9.41. The Bertz CT molecular complexity index is 1190. The van der Waals surface area contributed by atoms with Crippen molar-refractivity contribution in [1.29, 1.82) is 5.26 Å². The average Bonchev–Trinajstić information content (AvgIpc) is 3.28. The molecule has 1 saturated carbocycles. The summed E-state index contributed by atoms with van der Waals surface area (Å²) in [5, 5.41) is 9.35. The van der Waals surface area contributed by atoms with Gasteiger partial charge in [0.15, 0.2) is 0 Å². The first-order valence-electron chi connectivity index (χ1n) is 9.41. The number of benzene rings is 1. The molecule has 1 fully saturated rings. The number of nitrogens with zero attached hydrogens (tertiary/aromatic N) is 5. The summed E-state index contributed by atoms with van der Waals surface area (Å²) in [6, 6.07) is 12.5. The fourth-order valence-corrected chi connectivity index (χ4v) is 3.80. The Morgan fingerprint density at radius 1 is 1.07 bits per heavy atom. The molecule has 0 spiro atoms. The molecule has 0 atom stereocenters. The second-order valence-corrected chi connectivity index (χ2v) is 7.30. The zero-order chi connectivity index (χ0) is 19.1. The number of fused-ring (bicyclic) bond motifs is 1. The topological polar surface area (TPSA) is 58.9 Å². The van der Waals surface area contributed by atoms with Crippen molar-refractivity contribution >= 4 is 5.65 Å². The smallest absolute Gasteiger partial charge is 0.144 e. The molecular weight excluding hydrogens is 353 g/mol. The lowest BCUT2D eigenvalue weighted by Crippen LogP contribution is -2.18. The Balaban J connectivity index is 1.68. The molecule has 0 radical (unpaired) electrons. The van der Waals surface area contributed by atoms with Crippen molar-refractivity contribution < 1.29 is 4.39 Å². The third-order valence-electron chi connectivity index (χ3n) is 5.53. The monoisotopic (exact) mass is 371 g/mol. The SMILES string of the molecule is N#Cc1cnc2ccc(-c3c(-c4ccc(F)cc4)ncn3CC3CCC3)cn12. The van der Waals surface area contributed by atoms with Crippen LogP contribution in [0.2, 0.25) is 0 Å². The van der Waals surface area contributed by atoms with Gasteiger partial charge in [-0.2, -0.15) is 5.26 Å². The van der Waals surface area contributed by atoms with Gasteiger partial charge in [-0.1, -0.05) is 6.42 Å². The minimum Gasteiger partial charge on any atom is -0.330 e. The Morgan fingerprint density at radius 3 is 2.57 bits per heavy atom. The van der Waals surface area contributed by atoms with Gasteiger partial charge in [-0.05, 0) is 55.2 Å². The molecule has 138 valence electrons. The molecule has 4 aromatic rings. The van der Waals surface area contributed by atoms with E-state index in [4.69, 9.17) is 0 Å². The number of pyridine rings is 1. The van der Waals surface area contributed by atoms with Crippen LogP contribution in [-0.4, -0.2) is 18.9 Å². The predicted molar refractivity (Wildman–Crippen MR) is 104 cm³/mol. The van der Waals surface area contributed by atoms with E-state index in [0.717, 1.165) is 34.7 Å². The lowest BCUT2D eigenvalue weighted by Gasteiger charge is -2.26. The summed E-state index contributed by atoms with van der Waals surface area (Å²) in [6.07, 6.45) is 9.14. The number of hydrogen-bond donors (Lipinski definition) is 0. The molecule has 0 saturated heterocycles. The Hall–Kier alpha value is -3.46. The Kier molecular flexibility index (Phi) is 3.94. The fourth-order valence-electron chi connectivity index (χ4n) is 3.80. The van der Waals surface area contributed by atoms with Crippen molar-refractivity contribution in [1.82, 2.24) is 18.9 Å². The maximum Gasteiger partial charge on any atom is 0.144 e. The number of nitriles is 1. The molecule has 0 unspecified atom stereocenters. The summed E-state index contributed by atoms with van der Waals surface area (Å²) < 4.78 is 17.4. The van der Waals surface area contributed by atoms with E-state index in [1.54, 1.807) is 22.7 Å². The molecule has 0 N–H and O–H groups in total. The van der Waals surface area contributed by atoms with Crippen molar-refractivity contribution in [2.24, 2.45) is 5.92 Å². The highest BCUT2D eigenvalue weighted by Gasteiger charge is 2.22. The van der Waals surface area contributed by atoms with Crippen molar-refractivity contribution in [2.75, 3.05) is 0 Å². The zero-order valence-corrected chi connectivity index (χ0v) is 15.2. The second kappa shape index (κ2) is 6.61. The van der Waals surface area contributed by atoms with E-state index >= 15 is 0 Å². The summed E-state index contributed by atoms with van der Waals surface area (Å²) in [7, 11) is 0. The van der Waals surface area contributed by atoms with Crippen molar-refractivity contribution in [3.05, 3.63) is 66.6 Å². The van der Waals surface area contributed by atoms with Crippen LogP contribution < -0.4 is 0 Å². The van der Waals surface area contributed by atoms with Crippen LogP contribution in [0.15, 0.2) is 55.1 Å². The van der Waals surface area contributed by atoms with Crippen LogP contribution >= 0.6 is 0 Å². The molecule has 0 bridgehead atoms. The number of aromatic nitrogens is 4. The average molecular weight is 371 g/mol. The number of imidazole rings is 2. The number of hydrogen-bond acceptors (Lipinski definition) is 3. The minimum absolute atomic E-state index is 0.266. The van der Waals surface area contributed by atoms with E-state index < -0.39 is 0 Å². The molecule has 3 aromatic heterocycles. The minimum atomic E-state index is -0.266. The van der Waals surface area contributed by atoms with E-state index in [1.807, 2.05) is 24.7 Å². The molecule has 1 aliphatic carbocycles. The van der Waals surface area contributed by atoms with Crippen LogP contribution in [0, 0.1) is 23.1 Å². The van der Waals surface area contributed by atoms with E-state index in [9.17, 15) is 9.65 Å². The summed E-state index contributed by atoms with van der Waals surface area (Å²) in [4.78, 5) is 8.94. The largest absolute Gasteiger partial charge is 0.330 e. The highest BCUT2D eigenvalue weighted by Crippen LogP contribution is 2.35. The van der Waals surface area contributed by atoms with Crippen molar-refractivity contribution in [2.45, 2.75) is 25.8 Å². The lowest BCUT2D eigenvalue weighted by atomic mass is 9.85. The van der Waals surface area contributed by atoms with Crippen LogP contribution in [-0.2, 0) is 6.54 Å². The van der Waals surface area contributed by atoms with E-state index in [1.165, 1.54) is 31.4 Å². The molecule has 5 nitrogen and oxygen atoms in total. The van der Waals surface area contributed by atoms with E-state index in [2.05, 4.69) is 20.6 Å². The van der Waals surface area contributed by atoms with Gasteiger partial charge < -0.3 is 4.57 Å². The molecule has 0 amide bonds. The van der Waals surface area contributed by atoms with Gasteiger partial charge in [-0.15, -0.1) is 0 Å². The van der Waals surface area contributed by atoms with Gasteiger partial charge in [0.2, 0.25) is 0 Å². The summed E-state index contributed by atoms with van der Waals surface area (Å²) in [6.45, 7) is 0.913. The highest BCUT2D eigenvalue weighted by molar-refractivity contribution is 5.79. The van der Waals surface area contributed by atoms with Gasteiger partial charge in [0.25, 0.3) is 0 Å². The summed E-state index contributed by atoms with van der Waals surface area (Å²) in [5.41, 5.74) is 4.85. The molecule has 5 rings (SSSR count). The fraction of sp³-hybridized carbons (Fsp3) is 0.227. The molecule has 6 heteroatoms. The second-order valence-electron chi connectivity index (χ2n) is 7.30. The Morgan fingerprint density at radius 2 is 1.86 bits per heavy atom. The normalized spacial score (nSPS) is 14.1. The number of rotatable bonds is 4. The first kappa shape index (κ1) is 16.7. The van der Waals surface area contributed by atoms with Gasteiger partial charge in [0.05, 0.1) is 23.9 Å². The zero-order valence-electron chi connectivity index (χ0n) is 15.2. The van der Waals surface area contributed by atoms with E-state index in [0.29, 0.717) is 11.6 Å². The first-order chi connectivity index (χ1) is 13.7. The third-order valence-corrected chi connectivity index (χ3v) is 5.53. The molecular formula is C22H18FN5. The molecule has 28 heavy (non-hydrogen) atoms. The van der Waals surface area contributed by atoms with Gasteiger partial charge in [0, 0.05) is 23.9 Å². The quantitative estimate of drug-likeness (QED) is 0.523. The molecule has 0 aliphatic heterocycles. The summed E-state index contributed by atoms with van der Waals surface area (Å²) in [5.74, 6) is 0.401. The van der Waals surface area contributed by atoms with Crippen LogP contribution in [0.25, 0.3) is 28.2 Å². The van der Waals surface area contributed by atoms with Crippen LogP contribution in [0.4, 0.5) is 4.39 Å². The van der Waals surface area contributed by atoms with Crippen molar-refractivity contribution in [3.8, 4) is 28.6 Å². The van der Waals surface area contributed by atoms with Gasteiger partial charge in [0.1, 0.15) is 23.2 Å². The van der Waals surface area contributed by atoms with Gasteiger partial charge in [-0.25, -0.2) is 14.4 Å². The van der Waals surface area contributed by atoms with E-state index in [-0.39, 0.29) is 5.82 Å². The Labute approximate surface area is 161 Å². The van der Waals surface area contributed by atoms with Crippen molar-refractivity contribution in [3.63, 3.8) is 0 Å². The maximum atomic E-state index is 13.4. The maximum absolute atomic E-state index is 13.4. The number of halogens is 1. The molecule has 3 heterocycles. The summed E-state index contributed by atoms with van der Waals surface area (Å²) >= 11 is 0. The molecule has 1 aromatic carbocycles. The van der Waals surface area contributed by atoms with Gasteiger partial charge in [-0.3, -0.25) is 4.40 Å². The van der Waals surface area contributed by atoms with Crippen LogP contribution in [0.5, 0.6) is 0 Å². The van der Waals surface area contributed by atoms with Crippen LogP contribution in [0.1, 0.15) is 25.0 Å². The third kappa shape index (κ3) is 2.76. The molecule has 1 aliphatic rings. The lowest BCUT2D eigenvalue weighted by molar-refractivity contribution is 0.277. The predicted octanol–water partition coefficient (Wildman–Crippen LogP) is 4.68. The van der Waals surface area contributed by atoms with Gasteiger partial charge >= 0.3 is 0 Å². The standard InChI is InChI=1S/C22H18FN5/c23-18-7-4-16(5-8-18)21-22(27(14-26-21)12-15-2-1-3-15)17-6-9-20-25-11-19(10-24)28(20)13-17/h4-9,11,13-15H,1-3,12H2.